The largest absolute Gasteiger partial charge is 0.490 e. The van der Waals surface area contributed by atoms with Crippen LogP contribution in [0, 0.1) is 11.8 Å². The van der Waals surface area contributed by atoms with Crippen LogP contribution in [0.3, 0.4) is 0 Å². The van der Waals surface area contributed by atoms with Crippen LogP contribution in [0.25, 0.3) is 0 Å². The molecule has 0 radical (unpaired) electrons. The normalized spacial score (nSPS) is 22.0. The molecule has 25 heavy (non-hydrogen) atoms. The molecular formula is C16H27N3O5S. The SMILES string of the molecule is COc1coc(CN2C[C@@H](NS(=O)(=O)N(C)C)[C@H](C(C)C)C2)cc1=O. The van der Waals surface area contributed by atoms with Gasteiger partial charge in [-0.15, -0.1) is 0 Å². The average Bonchev–Trinajstić information content (AvgIpc) is 2.89. The molecule has 1 aromatic heterocycles. The molecule has 0 amide bonds. The second-order valence-electron chi connectivity index (χ2n) is 6.89. The van der Waals surface area contributed by atoms with E-state index in [2.05, 4.69) is 23.5 Å². The van der Waals surface area contributed by atoms with E-state index in [-0.39, 0.29) is 23.1 Å². The summed E-state index contributed by atoms with van der Waals surface area (Å²) in [7, 11) is 0.935. The number of nitrogens with zero attached hydrogens (tertiary/aromatic N) is 2. The van der Waals surface area contributed by atoms with Crippen molar-refractivity contribution in [3.63, 3.8) is 0 Å². The van der Waals surface area contributed by atoms with Gasteiger partial charge < -0.3 is 9.15 Å². The molecule has 1 fully saturated rings. The molecule has 2 rings (SSSR count). The van der Waals surface area contributed by atoms with Gasteiger partial charge in [0.2, 0.25) is 11.2 Å². The molecule has 1 saturated heterocycles. The first-order valence-corrected chi connectivity index (χ1v) is 9.66. The first kappa shape index (κ1) is 19.9. The van der Waals surface area contributed by atoms with E-state index in [1.807, 2.05) is 0 Å². The lowest BCUT2D eigenvalue weighted by molar-refractivity contribution is 0.267. The second-order valence-corrected chi connectivity index (χ2v) is 8.81. The third-order valence-electron chi connectivity index (χ3n) is 4.53. The van der Waals surface area contributed by atoms with E-state index < -0.39 is 10.2 Å². The Morgan fingerprint density at radius 2 is 2.08 bits per heavy atom. The average molecular weight is 373 g/mol. The molecule has 1 N–H and O–H groups in total. The summed E-state index contributed by atoms with van der Waals surface area (Å²) in [6, 6.07) is 1.23. The van der Waals surface area contributed by atoms with Crippen molar-refractivity contribution in [1.29, 1.82) is 0 Å². The Morgan fingerprint density at radius 3 is 2.60 bits per heavy atom. The van der Waals surface area contributed by atoms with E-state index in [0.29, 0.717) is 24.8 Å². The Hall–Kier alpha value is -1.42. The molecular weight excluding hydrogens is 346 g/mol. The first-order chi connectivity index (χ1) is 11.6. The molecule has 1 aliphatic rings. The zero-order valence-corrected chi connectivity index (χ0v) is 16.2. The van der Waals surface area contributed by atoms with E-state index in [1.54, 1.807) is 0 Å². The van der Waals surface area contributed by atoms with Crippen molar-refractivity contribution in [3.05, 3.63) is 28.3 Å². The second kappa shape index (κ2) is 7.86. The summed E-state index contributed by atoms with van der Waals surface area (Å²) in [5.41, 5.74) is -0.229. The Balaban J connectivity index is 2.11. The molecule has 0 bridgehead atoms. The van der Waals surface area contributed by atoms with Gasteiger partial charge in [-0.25, -0.2) is 0 Å². The van der Waals surface area contributed by atoms with Crippen molar-refractivity contribution >= 4 is 10.2 Å². The van der Waals surface area contributed by atoms with E-state index >= 15 is 0 Å². The van der Waals surface area contributed by atoms with Crippen LogP contribution in [0.2, 0.25) is 0 Å². The minimum absolute atomic E-state index is 0.168. The van der Waals surface area contributed by atoms with Crippen molar-refractivity contribution in [2.45, 2.75) is 26.4 Å². The van der Waals surface area contributed by atoms with Crippen LogP contribution in [0.1, 0.15) is 19.6 Å². The predicted octanol–water partition coefficient (Wildman–Crippen LogP) is 0.501. The quantitative estimate of drug-likeness (QED) is 0.748. The van der Waals surface area contributed by atoms with Crippen molar-refractivity contribution in [1.82, 2.24) is 13.9 Å². The maximum absolute atomic E-state index is 12.2. The van der Waals surface area contributed by atoms with Crippen LogP contribution in [0.4, 0.5) is 0 Å². The van der Waals surface area contributed by atoms with E-state index in [9.17, 15) is 13.2 Å². The zero-order chi connectivity index (χ0) is 18.8. The van der Waals surface area contributed by atoms with Gasteiger partial charge in [-0.2, -0.15) is 17.4 Å². The molecule has 9 heteroatoms. The number of hydrogen-bond acceptors (Lipinski definition) is 6. The van der Waals surface area contributed by atoms with Crippen LogP contribution in [0.15, 0.2) is 21.5 Å². The Kier molecular flexibility index (Phi) is 6.26. The molecule has 0 aliphatic carbocycles. The standard InChI is InChI=1S/C16H27N3O5S/c1-11(2)13-8-19(9-14(13)17-25(21,22)18(3)4)7-12-6-15(20)16(23-5)10-24-12/h6,10-11,13-14,17H,7-9H2,1-5H3/t13-,14+/m0/s1. The Labute approximate surface area is 148 Å². The minimum atomic E-state index is -3.49. The van der Waals surface area contributed by atoms with Gasteiger partial charge in [-0.05, 0) is 11.8 Å². The summed E-state index contributed by atoms with van der Waals surface area (Å²) in [6.07, 6.45) is 1.31. The van der Waals surface area contributed by atoms with Crippen molar-refractivity contribution < 1.29 is 17.6 Å². The van der Waals surface area contributed by atoms with Crippen LogP contribution >= 0.6 is 0 Å². The van der Waals surface area contributed by atoms with Crippen LogP contribution in [-0.2, 0) is 16.8 Å². The summed E-state index contributed by atoms with van der Waals surface area (Å²) in [5.74, 6) is 1.20. The smallest absolute Gasteiger partial charge is 0.279 e. The van der Waals surface area contributed by atoms with Gasteiger partial charge in [0, 0.05) is 39.3 Å². The molecule has 1 aliphatic heterocycles. The third-order valence-corrected chi connectivity index (χ3v) is 6.09. The van der Waals surface area contributed by atoms with E-state index in [1.165, 1.54) is 37.8 Å². The third kappa shape index (κ3) is 4.81. The predicted molar refractivity (Wildman–Crippen MR) is 94.7 cm³/mol. The van der Waals surface area contributed by atoms with Crippen LogP contribution in [-0.4, -0.2) is 58.0 Å². The summed E-state index contributed by atoms with van der Waals surface area (Å²) in [4.78, 5) is 13.9. The number of rotatable bonds is 7. The van der Waals surface area contributed by atoms with E-state index in [4.69, 9.17) is 9.15 Å². The van der Waals surface area contributed by atoms with Gasteiger partial charge in [-0.3, -0.25) is 9.69 Å². The monoisotopic (exact) mass is 373 g/mol. The van der Waals surface area contributed by atoms with Crippen LogP contribution in [0.5, 0.6) is 5.75 Å². The molecule has 142 valence electrons. The Morgan fingerprint density at radius 1 is 1.40 bits per heavy atom. The van der Waals surface area contributed by atoms with Gasteiger partial charge >= 0.3 is 0 Å². The highest BCUT2D eigenvalue weighted by atomic mass is 32.2. The zero-order valence-electron chi connectivity index (χ0n) is 15.4. The fraction of sp³-hybridized carbons (Fsp3) is 0.688. The number of hydrogen-bond donors (Lipinski definition) is 1. The molecule has 8 nitrogen and oxygen atoms in total. The first-order valence-electron chi connectivity index (χ1n) is 8.22. The topological polar surface area (TPSA) is 92.1 Å². The van der Waals surface area contributed by atoms with Crippen molar-refractivity contribution in [2.24, 2.45) is 11.8 Å². The number of methoxy groups -OCH3 is 1. The van der Waals surface area contributed by atoms with Crippen molar-refractivity contribution in [3.8, 4) is 5.75 Å². The lowest BCUT2D eigenvalue weighted by Gasteiger charge is -2.24. The molecule has 2 heterocycles. The Bertz CT molecular complexity index is 744. The fourth-order valence-electron chi connectivity index (χ4n) is 3.03. The van der Waals surface area contributed by atoms with Crippen molar-refractivity contribution in [2.75, 3.05) is 34.3 Å². The molecule has 0 aromatic carbocycles. The summed E-state index contributed by atoms with van der Waals surface area (Å²) in [5, 5.41) is 0. The van der Waals surface area contributed by atoms with Gasteiger partial charge in [0.15, 0.2) is 0 Å². The van der Waals surface area contributed by atoms with Gasteiger partial charge in [0.1, 0.15) is 12.0 Å². The molecule has 0 unspecified atom stereocenters. The molecule has 1 aromatic rings. The lowest BCUT2D eigenvalue weighted by atomic mass is 9.92. The fourth-order valence-corrected chi connectivity index (χ4v) is 3.87. The number of ether oxygens (including phenoxy) is 1. The number of likely N-dealkylation sites (tertiary alicyclic amines) is 1. The molecule has 0 spiro atoms. The minimum Gasteiger partial charge on any atom is -0.490 e. The summed E-state index contributed by atoms with van der Waals surface area (Å²) in [6.45, 7) is 5.90. The molecule has 0 saturated carbocycles. The summed E-state index contributed by atoms with van der Waals surface area (Å²) < 4.78 is 38.6. The van der Waals surface area contributed by atoms with Gasteiger partial charge in [-0.1, -0.05) is 13.8 Å². The highest BCUT2D eigenvalue weighted by molar-refractivity contribution is 7.87. The highest BCUT2D eigenvalue weighted by Crippen LogP contribution is 2.26. The lowest BCUT2D eigenvalue weighted by Crippen LogP contribution is -2.46. The molecule has 2 atom stereocenters. The summed E-state index contributed by atoms with van der Waals surface area (Å²) >= 11 is 0. The van der Waals surface area contributed by atoms with E-state index in [0.717, 1.165) is 6.54 Å². The maximum Gasteiger partial charge on any atom is 0.279 e. The van der Waals surface area contributed by atoms with Gasteiger partial charge in [0.25, 0.3) is 10.2 Å². The van der Waals surface area contributed by atoms with Crippen LogP contribution < -0.4 is 14.9 Å². The highest BCUT2D eigenvalue weighted by Gasteiger charge is 2.37. The maximum atomic E-state index is 12.2. The van der Waals surface area contributed by atoms with Gasteiger partial charge in [0.05, 0.1) is 13.7 Å². The number of nitrogens with one attached hydrogen (secondary N) is 1.